The molecule has 0 saturated heterocycles. The largest absolute Gasteiger partial charge is 0.416 e. The maximum Gasteiger partial charge on any atom is 0.416 e. The Morgan fingerprint density at radius 3 is 2.50 bits per heavy atom. The van der Waals surface area contributed by atoms with Gasteiger partial charge in [-0.05, 0) is 55.6 Å². The molecule has 0 spiro atoms. The third-order valence-electron chi connectivity index (χ3n) is 6.54. The zero-order valence-corrected chi connectivity index (χ0v) is 15.2. The highest BCUT2D eigenvalue weighted by molar-refractivity contribution is 5.85. The van der Waals surface area contributed by atoms with E-state index in [4.69, 9.17) is 5.73 Å². The van der Waals surface area contributed by atoms with Crippen molar-refractivity contribution in [2.45, 2.75) is 49.7 Å². The summed E-state index contributed by atoms with van der Waals surface area (Å²) < 4.78 is 38.8. The van der Waals surface area contributed by atoms with Crippen LogP contribution in [0, 0.1) is 17.8 Å². The zero-order chi connectivity index (χ0) is 17.8. The lowest BCUT2D eigenvalue weighted by Gasteiger charge is -2.28. The average Bonchev–Trinajstić information content (AvgIpc) is 3.11. The second kappa shape index (κ2) is 6.71. The monoisotopic (exact) mass is 388 g/mol. The Kier molecular flexibility index (Phi) is 5.03. The summed E-state index contributed by atoms with van der Waals surface area (Å²) >= 11 is 0. The number of nitrogens with two attached hydrogens (primary N) is 1. The standard InChI is InChI=1S/C19H23F3N2O.ClH/c20-19(21,22)14-3-1-2-13(9-14)18(6-7-18)10-24-17(25)15-11-4-5-12(8-11)16(15)23;/h1-3,9,11-12,15-16H,4-8,10,23H2,(H,24,25);1H. The van der Waals surface area contributed by atoms with Gasteiger partial charge in [-0.15, -0.1) is 12.4 Å². The number of carbonyl (C=O) groups is 1. The van der Waals surface area contributed by atoms with Crippen molar-refractivity contribution >= 4 is 18.3 Å². The molecule has 7 heteroatoms. The number of nitrogens with one attached hydrogen (secondary N) is 1. The van der Waals surface area contributed by atoms with E-state index in [2.05, 4.69) is 5.32 Å². The van der Waals surface area contributed by atoms with Crippen LogP contribution in [-0.2, 0) is 16.4 Å². The van der Waals surface area contributed by atoms with Gasteiger partial charge < -0.3 is 11.1 Å². The lowest BCUT2D eigenvalue weighted by molar-refractivity contribution is -0.137. The van der Waals surface area contributed by atoms with Gasteiger partial charge in [-0.25, -0.2) is 0 Å². The molecule has 0 aliphatic heterocycles. The van der Waals surface area contributed by atoms with Crippen molar-refractivity contribution in [1.82, 2.24) is 5.32 Å². The molecule has 4 unspecified atom stereocenters. The lowest BCUT2D eigenvalue weighted by Crippen LogP contribution is -2.46. The lowest BCUT2D eigenvalue weighted by atomic mass is 9.84. The number of halogens is 4. The smallest absolute Gasteiger partial charge is 0.355 e. The van der Waals surface area contributed by atoms with E-state index in [0.717, 1.165) is 38.2 Å². The van der Waals surface area contributed by atoms with Gasteiger partial charge in [-0.3, -0.25) is 4.79 Å². The van der Waals surface area contributed by atoms with Gasteiger partial charge in [0.05, 0.1) is 11.5 Å². The van der Waals surface area contributed by atoms with Gasteiger partial charge in [0.25, 0.3) is 0 Å². The van der Waals surface area contributed by atoms with E-state index in [0.29, 0.717) is 23.9 Å². The molecule has 3 fully saturated rings. The van der Waals surface area contributed by atoms with E-state index in [1.807, 2.05) is 0 Å². The highest BCUT2D eigenvalue weighted by atomic mass is 35.5. The number of hydrogen-bond acceptors (Lipinski definition) is 2. The van der Waals surface area contributed by atoms with Crippen LogP contribution in [0.5, 0.6) is 0 Å². The van der Waals surface area contributed by atoms with Crippen LogP contribution in [0.1, 0.15) is 43.2 Å². The van der Waals surface area contributed by atoms with Crippen molar-refractivity contribution < 1.29 is 18.0 Å². The number of benzene rings is 1. The van der Waals surface area contributed by atoms with Crippen molar-refractivity contribution in [1.29, 1.82) is 0 Å². The Hall–Kier alpha value is -1.27. The summed E-state index contributed by atoms with van der Waals surface area (Å²) in [6.07, 6.45) is 0.483. The summed E-state index contributed by atoms with van der Waals surface area (Å²) in [6.45, 7) is 0.397. The number of hydrogen-bond donors (Lipinski definition) is 2. The molecule has 1 aromatic rings. The fraction of sp³-hybridized carbons (Fsp3) is 0.632. The minimum Gasteiger partial charge on any atom is -0.355 e. The Labute approximate surface area is 157 Å². The van der Waals surface area contributed by atoms with E-state index in [1.54, 1.807) is 6.07 Å². The SMILES string of the molecule is Cl.NC1C2CCC(C2)C1C(=O)NCC1(c2cccc(C(F)(F)F)c2)CC1. The molecule has 0 aromatic heterocycles. The Morgan fingerprint density at radius 2 is 1.92 bits per heavy atom. The average molecular weight is 389 g/mol. The first kappa shape index (κ1) is 19.5. The molecule has 144 valence electrons. The van der Waals surface area contributed by atoms with E-state index < -0.39 is 11.7 Å². The number of carbonyl (C=O) groups excluding carboxylic acids is 1. The summed E-state index contributed by atoms with van der Waals surface area (Å²) in [4.78, 5) is 12.6. The minimum absolute atomic E-state index is 0. The topological polar surface area (TPSA) is 55.1 Å². The highest BCUT2D eigenvalue weighted by Gasteiger charge is 2.50. The van der Waals surface area contributed by atoms with Gasteiger partial charge in [0.2, 0.25) is 5.91 Å². The first-order valence-electron chi connectivity index (χ1n) is 9.01. The number of rotatable bonds is 4. The second-order valence-corrected chi connectivity index (χ2v) is 8.01. The molecule has 3 nitrogen and oxygen atoms in total. The molecule has 3 saturated carbocycles. The summed E-state index contributed by atoms with van der Waals surface area (Å²) in [7, 11) is 0. The first-order chi connectivity index (χ1) is 11.8. The van der Waals surface area contributed by atoms with Gasteiger partial charge in [-0.1, -0.05) is 18.2 Å². The highest BCUT2D eigenvalue weighted by Crippen LogP contribution is 2.50. The van der Waals surface area contributed by atoms with Gasteiger partial charge >= 0.3 is 6.18 Å². The molecule has 4 atom stereocenters. The van der Waals surface area contributed by atoms with Gasteiger partial charge in [-0.2, -0.15) is 13.2 Å². The maximum atomic E-state index is 12.9. The van der Waals surface area contributed by atoms with Crippen molar-refractivity contribution in [3.8, 4) is 0 Å². The van der Waals surface area contributed by atoms with Crippen molar-refractivity contribution in [2.75, 3.05) is 6.54 Å². The molecule has 4 rings (SSSR count). The summed E-state index contributed by atoms with van der Waals surface area (Å²) in [5, 5.41) is 3.00. The van der Waals surface area contributed by atoms with E-state index in [1.165, 1.54) is 12.1 Å². The summed E-state index contributed by atoms with van der Waals surface area (Å²) in [5.41, 5.74) is 5.90. The molecule has 3 aliphatic rings. The molecular weight excluding hydrogens is 365 g/mol. The minimum atomic E-state index is -4.34. The fourth-order valence-electron chi connectivity index (χ4n) is 4.84. The van der Waals surface area contributed by atoms with Crippen LogP contribution in [0.25, 0.3) is 0 Å². The molecule has 1 aromatic carbocycles. The van der Waals surface area contributed by atoms with Crippen LogP contribution >= 0.6 is 12.4 Å². The normalized spacial score (nSPS) is 31.4. The van der Waals surface area contributed by atoms with Gasteiger partial charge in [0.15, 0.2) is 0 Å². The summed E-state index contributed by atoms with van der Waals surface area (Å²) in [6, 6.07) is 5.43. The summed E-state index contributed by atoms with van der Waals surface area (Å²) in [5.74, 6) is 0.692. The fourth-order valence-corrected chi connectivity index (χ4v) is 4.84. The van der Waals surface area contributed by atoms with Gasteiger partial charge in [0.1, 0.15) is 0 Å². The molecule has 2 bridgehead atoms. The molecule has 0 heterocycles. The van der Waals surface area contributed by atoms with Crippen LogP contribution < -0.4 is 11.1 Å². The quantitative estimate of drug-likeness (QED) is 0.827. The number of fused-ring (bicyclic) bond motifs is 2. The van der Waals surface area contributed by atoms with Crippen LogP contribution in [0.3, 0.4) is 0 Å². The van der Waals surface area contributed by atoms with Crippen LogP contribution in [0.15, 0.2) is 24.3 Å². The zero-order valence-electron chi connectivity index (χ0n) is 14.4. The van der Waals surface area contributed by atoms with Crippen molar-refractivity contribution in [2.24, 2.45) is 23.5 Å². The van der Waals surface area contributed by atoms with Crippen LogP contribution in [0.2, 0.25) is 0 Å². The molecule has 3 aliphatic carbocycles. The van der Waals surface area contributed by atoms with E-state index in [9.17, 15) is 18.0 Å². The molecule has 3 N–H and O–H groups in total. The third kappa shape index (κ3) is 3.33. The van der Waals surface area contributed by atoms with Crippen LogP contribution in [0.4, 0.5) is 13.2 Å². The van der Waals surface area contributed by atoms with Crippen molar-refractivity contribution in [3.05, 3.63) is 35.4 Å². The Morgan fingerprint density at radius 1 is 1.23 bits per heavy atom. The van der Waals surface area contributed by atoms with Crippen LogP contribution in [-0.4, -0.2) is 18.5 Å². The number of amides is 1. The van der Waals surface area contributed by atoms with E-state index in [-0.39, 0.29) is 35.7 Å². The Balaban J connectivity index is 0.00000196. The Bertz CT molecular complexity index is 688. The maximum absolute atomic E-state index is 12.9. The van der Waals surface area contributed by atoms with Gasteiger partial charge in [0, 0.05) is 18.0 Å². The number of alkyl halides is 3. The third-order valence-corrected chi connectivity index (χ3v) is 6.54. The molecule has 0 radical (unpaired) electrons. The molecule has 1 amide bonds. The first-order valence-corrected chi connectivity index (χ1v) is 9.01. The predicted molar refractivity (Wildman–Crippen MR) is 94.9 cm³/mol. The molecular formula is C19H24ClF3N2O. The second-order valence-electron chi connectivity index (χ2n) is 8.01. The molecule has 26 heavy (non-hydrogen) atoms. The predicted octanol–water partition coefficient (Wildman–Crippen LogP) is 3.65. The van der Waals surface area contributed by atoms with E-state index >= 15 is 0 Å². The van der Waals surface area contributed by atoms with Crippen molar-refractivity contribution in [3.63, 3.8) is 0 Å².